The molecular weight excluding hydrogens is 554 g/mol. The monoisotopic (exact) mass is 580 g/mol. The molecule has 116 valence electrons. The van der Waals surface area contributed by atoms with Gasteiger partial charge in [0, 0.05) is 0 Å². The van der Waals surface area contributed by atoms with Gasteiger partial charge < -0.3 is 34.0 Å². The predicted octanol–water partition coefficient (Wildman–Crippen LogP) is -0.115. The molecule has 0 saturated heterocycles. The third-order valence-corrected chi connectivity index (χ3v) is 10.0. The molecule has 3 heteroatoms. The van der Waals surface area contributed by atoms with Crippen molar-refractivity contribution >= 4 is 0 Å². The van der Waals surface area contributed by atoms with E-state index in [9.17, 15) is 0 Å². The fourth-order valence-corrected chi connectivity index (χ4v) is 9.28. The number of rotatable bonds is 6. The molecule has 0 N–H and O–H groups in total. The Morgan fingerprint density at radius 1 is 0.810 bits per heavy atom. The zero-order chi connectivity index (χ0) is 13.8. The van der Waals surface area contributed by atoms with Crippen molar-refractivity contribution in [3.8, 4) is 0 Å². The van der Waals surface area contributed by atoms with Crippen LogP contribution in [0.4, 0.5) is 0 Å². The number of halogens is 2. The normalized spacial score (nSPS) is 17.1. The van der Waals surface area contributed by atoms with Gasteiger partial charge in [0.05, 0.1) is 0 Å². The molecule has 0 nitrogen and oxygen atoms in total. The fourth-order valence-electron chi connectivity index (χ4n) is 3.11. The first-order chi connectivity index (χ1) is 9.17. The molecule has 0 radical (unpaired) electrons. The van der Waals surface area contributed by atoms with Crippen LogP contribution < -0.4 is 34.0 Å². The Kier molecular flexibility index (Phi) is 10.9. The molecule has 0 atom stereocenters. The zero-order valence-corrected chi connectivity index (χ0v) is 20.4. The van der Waals surface area contributed by atoms with E-state index >= 15 is 0 Å². The Bertz CT molecular complexity index is 437. The molecule has 0 fully saturated rings. The molecule has 0 aliphatic heterocycles. The summed E-state index contributed by atoms with van der Waals surface area (Å²) in [5.41, 5.74) is 6.67. The van der Waals surface area contributed by atoms with Crippen molar-refractivity contribution in [2.75, 3.05) is 0 Å². The molecule has 2 rings (SSSR count). The molecule has 0 heterocycles. The van der Waals surface area contributed by atoms with Crippen LogP contribution in [0.3, 0.4) is 0 Å². The maximum Gasteiger partial charge on any atom is -1.00 e. The summed E-state index contributed by atoms with van der Waals surface area (Å²) in [4.78, 5) is 0. The Labute approximate surface area is 163 Å². The number of hydrogen-bond acceptors (Lipinski definition) is 0. The molecular formula is C18H26Br2Hf. The van der Waals surface area contributed by atoms with Crippen LogP contribution in [0.1, 0.15) is 66.2 Å². The minimum atomic E-state index is -0.743. The average molecular weight is 581 g/mol. The average Bonchev–Trinajstić information content (AvgIpc) is 2.90. The maximum absolute atomic E-state index is 2.47. The number of allylic oxidation sites excluding steroid dienone is 8. The van der Waals surface area contributed by atoms with E-state index in [1.54, 1.807) is 22.3 Å². The predicted molar refractivity (Wildman–Crippen MR) is 80.6 cm³/mol. The summed E-state index contributed by atoms with van der Waals surface area (Å²) in [6, 6.07) is 0. The maximum atomic E-state index is 2.47. The fraction of sp³-hybridized carbons (Fsp3) is 0.556. The summed E-state index contributed by atoms with van der Waals surface area (Å²) in [7, 11) is 0. The van der Waals surface area contributed by atoms with Crippen molar-refractivity contribution < 1.29 is 56.9 Å². The topological polar surface area (TPSA) is 0 Å². The Morgan fingerprint density at radius 3 is 1.52 bits per heavy atom. The summed E-state index contributed by atoms with van der Waals surface area (Å²) >= 11 is -0.743. The van der Waals surface area contributed by atoms with E-state index in [4.69, 9.17) is 0 Å². The van der Waals surface area contributed by atoms with E-state index < -0.39 is 22.9 Å². The van der Waals surface area contributed by atoms with Gasteiger partial charge in [-0.25, -0.2) is 0 Å². The van der Waals surface area contributed by atoms with Crippen LogP contribution in [-0.2, 0) is 22.9 Å². The van der Waals surface area contributed by atoms with Crippen molar-refractivity contribution in [2.45, 2.75) is 66.2 Å². The molecule has 0 bridgehead atoms. The SMILES string of the molecule is CCCC1=[C]([Hf+2][C]2=C(CCC)C(C)=CC2)CC=C1C.[Br-].[Br-]. The van der Waals surface area contributed by atoms with Crippen molar-refractivity contribution in [1.29, 1.82) is 0 Å². The van der Waals surface area contributed by atoms with E-state index in [1.807, 2.05) is 6.66 Å². The minimum absolute atomic E-state index is 0. The smallest absolute Gasteiger partial charge is 1.00 e. The molecule has 2 aliphatic carbocycles. The number of hydrogen-bond donors (Lipinski definition) is 0. The molecule has 0 aromatic rings. The Hall–Kier alpha value is 0.790. The van der Waals surface area contributed by atoms with E-state index in [-0.39, 0.29) is 34.0 Å². The van der Waals surface area contributed by atoms with Gasteiger partial charge >= 0.3 is 130 Å². The van der Waals surface area contributed by atoms with E-state index in [2.05, 4.69) is 39.8 Å². The van der Waals surface area contributed by atoms with Gasteiger partial charge in [-0.15, -0.1) is 0 Å². The van der Waals surface area contributed by atoms with Crippen LogP contribution >= 0.6 is 0 Å². The van der Waals surface area contributed by atoms with Crippen LogP contribution in [0.5, 0.6) is 0 Å². The summed E-state index contributed by atoms with van der Waals surface area (Å²) in [6.07, 6.45) is 12.7. The summed E-state index contributed by atoms with van der Waals surface area (Å²) in [5.74, 6) is 0. The first-order valence-corrected chi connectivity index (χ1v) is 11.3. The van der Waals surface area contributed by atoms with Crippen molar-refractivity contribution in [3.63, 3.8) is 0 Å². The molecule has 0 aromatic heterocycles. The molecule has 0 amide bonds. The second-order valence-electron chi connectivity index (χ2n) is 5.72. The van der Waals surface area contributed by atoms with Crippen molar-refractivity contribution in [1.82, 2.24) is 0 Å². The Morgan fingerprint density at radius 2 is 1.19 bits per heavy atom. The van der Waals surface area contributed by atoms with Gasteiger partial charge in [0.2, 0.25) is 0 Å². The molecule has 0 saturated carbocycles. The van der Waals surface area contributed by atoms with Crippen LogP contribution in [-0.4, -0.2) is 0 Å². The van der Waals surface area contributed by atoms with Gasteiger partial charge in [-0.2, -0.15) is 0 Å². The van der Waals surface area contributed by atoms with Crippen LogP contribution in [0.25, 0.3) is 0 Å². The van der Waals surface area contributed by atoms with E-state index in [1.165, 1.54) is 38.5 Å². The van der Waals surface area contributed by atoms with Crippen LogP contribution in [0.15, 0.2) is 41.1 Å². The summed E-state index contributed by atoms with van der Waals surface area (Å²) < 4.78 is 3.79. The summed E-state index contributed by atoms with van der Waals surface area (Å²) in [6.45, 7) is 9.27. The quantitative estimate of drug-likeness (QED) is 0.385. The standard InChI is InChI=1S/2C9H13.2BrH.Hf/c2*1-3-5-9-7-4-6-8(9)2;;;/h2*6H,3-5H2,1-2H3;2*1H;/q;;;;+2/p-2. The second-order valence-corrected chi connectivity index (χ2v) is 11.0. The van der Waals surface area contributed by atoms with Gasteiger partial charge in [-0.3, -0.25) is 0 Å². The van der Waals surface area contributed by atoms with Gasteiger partial charge in [-0.05, 0) is 0 Å². The van der Waals surface area contributed by atoms with Crippen LogP contribution in [0, 0.1) is 0 Å². The Balaban J connectivity index is 0.00000200. The van der Waals surface area contributed by atoms with Crippen LogP contribution in [0.2, 0.25) is 0 Å². The van der Waals surface area contributed by atoms with Crippen molar-refractivity contribution in [3.05, 3.63) is 41.1 Å². The zero-order valence-electron chi connectivity index (χ0n) is 13.7. The second kappa shape index (κ2) is 10.5. The largest absolute Gasteiger partial charge is 1.00 e. The third kappa shape index (κ3) is 5.42. The molecule has 0 spiro atoms. The van der Waals surface area contributed by atoms with E-state index in [0.717, 1.165) is 0 Å². The van der Waals surface area contributed by atoms with E-state index in [0.29, 0.717) is 0 Å². The summed E-state index contributed by atoms with van der Waals surface area (Å²) in [5, 5.41) is 0. The molecule has 21 heavy (non-hydrogen) atoms. The molecule has 0 aromatic carbocycles. The van der Waals surface area contributed by atoms with Gasteiger partial charge in [-0.1, -0.05) is 0 Å². The first-order valence-electron chi connectivity index (χ1n) is 7.72. The molecule has 2 aliphatic rings. The van der Waals surface area contributed by atoms with Crippen molar-refractivity contribution in [2.24, 2.45) is 0 Å². The van der Waals surface area contributed by atoms with Gasteiger partial charge in [0.1, 0.15) is 0 Å². The van der Waals surface area contributed by atoms with Gasteiger partial charge in [0.15, 0.2) is 0 Å². The van der Waals surface area contributed by atoms with Gasteiger partial charge in [0.25, 0.3) is 0 Å². The minimum Gasteiger partial charge on any atom is -1.00 e. The molecule has 0 unspecified atom stereocenters. The third-order valence-electron chi connectivity index (χ3n) is 4.21. The first kappa shape index (κ1) is 21.8.